The Morgan fingerprint density at radius 2 is 1.92 bits per heavy atom. The van der Waals surface area contributed by atoms with Gasteiger partial charge in [0.05, 0.1) is 5.92 Å². The zero-order valence-corrected chi connectivity index (χ0v) is 15.1. The van der Waals surface area contributed by atoms with Crippen LogP contribution < -0.4 is 4.90 Å². The summed E-state index contributed by atoms with van der Waals surface area (Å²) in [7, 11) is -0.403. The van der Waals surface area contributed by atoms with Crippen molar-refractivity contribution < 1.29 is 13.2 Å². The lowest BCUT2D eigenvalue weighted by Gasteiger charge is -2.37. The Morgan fingerprint density at radius 3 is 2.67 bits per heavy atom. The van der Waals surface area contributed by atoms with Crippen LogP contribution in [-0.4, -0.2) is 56.7 Å². The maximum absolute atomic E-state index is 13.0. The zero-order chi connectivity index (χ0) is 17.3. The summed E-state index contributed by atoms with van der Waals surface area (Å²) in [6.45, 7) is 1.48. The molecule has 0 aliphatic carbocycles. The normalized spacial score (nSPS) is 22.5. The van der Waals surface area contributed by atoms with Crippen LogP contribution in [0.5, 0.6) is 0 Å². The molecule has 1 saturated heterocycles. The van der Waals surface area contributed by atoms with E-state index in [1.807, 2.05) is 23.1 Å². The van der Waals surface area contributed by atoms with Crippen molar-refractivity contribution >= 4 is 21.8 Å². The Morgan fingerprint density at radius 1 is 1.17 bits per heavy atom. The van der Waals surface area contributed by atoms with Crippen LogP contribution in [0, 0.1) is 5.92 Å². The summed E-state index contributed by atoms with van der Waals surface area (Å²) in [5.74, 6) is -0.208. The predicted molar refractivity (Wildman–Crippen MR) is 94.0 cm³/mol. The number of aryl methyl sites for hydroxylation is 1. The van der Waals surface area contributed by atoms with Crippen molar-refractivity contribution in [3.63, 3.8) is 0 Å². The van der Waals surface area contributed by atoms with Crippen molar-refractivity contribution in [1.29, 1.82) is 0 Å². The summed E-state index contributed by atoms with van der Waals surface area (Å²) in [5, 5.41) is 0. The molecule has 0 aromatic heterocycles. The molecule has 2 aliphatic heterocycles. The number of hydrogen-bond donors (Lipinski definition) is 0. The van der Waals surface area contributed by atoms with Gasteiger partial charge < -0.3 is 4.90 Å². The third-order valence-corrected chi connectivity index (χ3v) is 6.80. The molecule has 1 aromatic carbocycles. The van der Waals surface area contributed by atoms with Gasteiger partial charge in [-0.3, -0.25) is 4.79 Å². The molecule has 0 N–H and O–H groups in total. The molecule has 0 unspecified atom stereocenters. The van der Waals surface area contributed by atoms with Gasteiger partial charge in [-0.2, -0.15) is 17.0 Å². The molecule has 1 amide bonds. The van der Waals surface area contributed by atoms with Crippen molar-refractivity contribution in [3.05, 3.63) is 29.8 Å². The van der Waals surface area contributed by atoms with E-state index in [4.69, 9.17) is 0 Å². The molecular weight excluding hydrogens is 326 g/mol. The van der Waals surface area contributed by atoms with Crippen LogP contribution >= 0.6 is 0 Å². The van der Waals surface area contributed by atoms with Crippen LogP contribution in [0.1, 0.15) is 24.8 Å². The Bertz CT molecular complexity index is 718. The Balaban J connectivity index is 1.79. The third-order valence-electron chi connectivity index (χ3n) is 4.90. The highest BCUT2D eigenvalue weighted by molar-refractivity contribution is 7.86. The van der Waals surface area contributed by atoms with E-state index in [1.54, 1.807) is 0 Å². The van der Waals surface area contributed by atoms with E-state index in [-0.39, 0.29) is 18.4 Å². The molecule has 3 rings (SSSR count). The highest BCUT2D eigenvalue weighted by Crippen LogP contribution is 2.30. The molecule has 132 valence electrons. The number of hydrogen-bond acceptors (Lipinski definition) is 3. The molecule has 7 heteroatoms. The maximum Gasteiger partial charge on any atom is 0.281 e. The van der Waals surface area contributed by atoms with Crippen LogP contribution in [0.4, 0.5) is 5.69 Å². The van der Waals surface area contributed by atoms with Crippen molar-refractivity contribution in [2.24, 2.45) is 5.92 Å². The van der Waals surface area contributed by atoms with Gasteiger partial charge in [0.15, 0.2) is 0 Å². The van der Waals surface area contributed by atoms with Crippen LogP contribution in [0.2, 0.25) is 0 Å². The average molecular weight is 351 g/mol. The fourth-order valence-electron chi connectivity index (χ4n) is 3.57. The molecule has 1 aromatic rings. The molecule has 2 aliphatic rings. The Hall–Kier alpha value is -1.44. The minimum absolute atomic E-state index is 0.0563. The van der Waals surface area contributed by atoms with E-state index in [2.05, 4.69) is 6.07 Å². The molecule has 6 nitrogen and oxygen atoms in total. The minimum Gasteiger partial charge on any atom is -0.312 e. The number of nitrogens with zero attached hydrogens (tertiary/aromatic N) is 3. The van der Waals surface area contributed by atoms with Crippen molar-refractivity contribution in [2.75, 3.05) is 38.6 Å². The SMILES string of the molecule is CN(C)S(=O)(=O)N1CCC[C@@H](C(=O)N2CCCc3ccccc32)C1. The molecule has 0 saturated carbocycles. The van der Waals surface area contributed by atoms with E-state index in [9.17, 15) is 13.2 Å². The van der Waals surface area contributed by atoms with E-state index >= 15 is 0 Å². The van der Waals surface area contributed by atoms with E-state index < -0.39 is 10.2 Å². The molecule has 0 spiro atoms. The summed E-state index contributed by atoms with van der Waals surface area (Å²) in [6.07, 6.45) is 3.41. The van der Waals surface area contributed by atoms with Crippen LogP contribution in [0.25, 0.3) is 0 Å². The van der Waals surface area contributed by atoms with Gasteiger partial charge in [0.25, 0.3) is 10.2 Å². The second kappa shape index (κ2) is 6.82. The highest BCUT2D eigenvalue weighted by atomic mass is 32.2. The first-order chi connectivity index (χ1) is 11.4. The minimum atomic E-state index is -3.46. The van der Waals surface area contributed by atoms with Gasteiger partial charge in [0.2, 0.25) is 5.91 Å². The lowest BCUT2D eigenvalue weighted by atomic mass is 9.95. The van der Waals surface area contributed by atoms with Crippen molar-refractivity contribution in [1.82, 2.24) is 8.61 Å². The van der Waals surface area contributed by atoms with Gasteiger partial charge in [-0.25, -0.2) is 0 Å². The number of anilines is 1. The summed E-state index contributed by atoms with van der Waals surface area (Å²) < 4.78 is 27.4. The zero-order valence-electron chi connectivity index (χ0n) is 14.3. The van der Waals surface area contributed by atoms with E-state index in [0.29, 0.717) is 13.1 Å². The first kappa shape index (κ1) is 17.4. The first-order valence-corrected chi connectivity index (χ1v) is 9.88. The quantitative estimate of drug-likeness (QED) is 0.829. The number of amides is 1. The molecule has 0 bridgehead atoms. The standard InChI is InChI=1S/C17H25N3O3S/c1-18(2)24(22,23)19-11-5-9-15(13-19)17(21)20-12-6-8-14-7-3-4-10-16(14)20/h3-4,7,10,15H,5-6,8-9,11-13H2,1-2H3/t15-/m1/s1. The van der Waals surface area contributed by atoms with E-state index in [0.717, 1.165) is 31.4 Å². The highest BCUT2D eigenvalue weighted by Gasteiger charge is 2.36. The molecule has 2 heterocycles. The third kappa shape index (κ3) is 3.20. The molecule has 0 radical (unpaired) electrons. The summed E-state index contributed by atoms with van der Waals surface area (Å²) in [4.78, 5) is 14.9. The number of fused-ring (bicyclic) bond motifs is 1. The predicted octanol–water partition coefficient (Wildman–Crippen LogP) is 1.48. The van der Waals surface area contributed by atoms with E-state index in [1.165, 1.54) is 28.3 Å². The maximum atomic E-state index is 13.0. The van der Waals surface area contributed by atoms with Crippen molar-refractivity contribution in [2.45, 2.75) is 25.7 Å². The van der Waals surface area contributed by atoms with Gasteiger partial charge in [0, 0.05) is 39.4 Å². The number of benzene rings is 1. The molecule has 1 fully saturated rings. The van der Waals surface area contributed by atoms with Gasteiger partial charge in [-0.15, -0.1) is 0 Å². The van der Waals surface area contributed by atoms with Crippen molar-refractivity contribution in [3.8, 4) is 0 Å². The Labute approximate surface area is 144 Å². The Kier molecular flexibility index (Phi) is 4.94. The molecular formula is C17H25N3O3S. The first-order valence-electron chi connectivity index (χ1n) is 8.48. The van der Waals surface area contributed by atoms with Gasteiger partial charge in [-0.1, -0.05) is 18.2 Å². The van der Waals surface area contributed by atoms with Gasteiger partial charge in [0.1, 0.15) is 0 Å². The monoisotopic (exact) mass is 351 g/mol. The smallest absolute Gasteiger partial charge is 0.281 e. The lowest BCUT2D eigenvalue weighted by Crippen LogP contribution is -2.50. The summed E-state index contributed by atoms with van der Waals surface area (Å²) >= 11 is 0. The van der Waals surface area contributed by atoms with Gasteiger partial charge in [-0.05, 0) is 37.3 Å². The number of carbonyl (C=O) groups excluding carboxylic acids is 1. The molecule has 1 atom stereocenters. The fourth-order valence-corrected chi connectivity index (χ4v) is 4.76. The lowest BCUT2D eigenvalue weighted by molar-refractivity contribution is -0.123. The van der Waals surface area contributed by atoms with Crippen LogP contribution in [0.15, 0.2) is 24.3 Å². The topological polar surface area (TPSA) is 60.9 Å². The number of rotatable bonds is 3. The second-order valence-electron chi connectivity index (χ2n) is 6.71. The summed E-state index contributed by atoms with van der Waals surface area (Å²) in [5.41, 5.74) is 2.19. The van der Waals surface area contributed by atoms with Gasteiger partial charge >= 0.3 is 0 Å². The van der Waals surface area contributed by atoms with Crippen LogP contribution in [-0.2, 0) is 21.4 Å². The number of piperidine rings is 1. The largest absolute Gasteiger partial charge is 0.312 e. The summed E-state index contributed by atoms with van der Waals surface area (Å²) in [6, 6.07) is 8.01. The second-order valence-corrected chi connectivity index (χ2v) is 8.85. The van der Waals surface area contributed by atoms with Crippen LogP contribution in [0.3, 0.4) is 0 Å². The molecule has 24 heavy (non-hydrogen) atoms. The number of para-hydroxylation sites is 1. The fraction of sp³-hybridized carbons (Fsp3) is 0.588. The average Bonchev–Trinajstić information content (AvgIpc) is 2.60. The number of carbonyl (C=O) groups is 1.